The number of carbonyl (C=O) groups is 1. The van der Waals surface area contributed by atoms with Gasteiger partial charge in [0.15, 0.2) is 11.5 Å². The van der Waals surface area contributed by atoms with Crippen LogP contribution in [0.15, 0.2) is 48.5 Å². The number of carbonyl (C=O) groups excluding carboxylic acids is 1. The van der Waals surface area contributed by atoms with Gasteiger partial charge in [-0.15, -0.1) is 10.2 Å². The number of hydrogen-bond donors (Lipinski definition) is 1. The van der Waals surface area contributed by atoms with Crippen LogP contribution < -0.4 is 0 Å². The smallest absolute Gasteiger partial charge is 0.357 e. The Morgan fingerprint density at radius 1 is 1.07 bits per heavy atom. The van der Waals surface area contributed by atoms with E-state index < -0.39 is 5.97 Å². The van der Waals surface area contributed by atoms with Crippen molar-refractivity contribution in [1.82, 2.24) is 20.0 Å². The van der Waals surface area contributed by atoms with Gasteiger partial charge in [0.1, 0.15) is 0 Å². The summed E-state index contributed by atoms with van der Waals surface area (Å²) in [5.74, 6) is 0.0443. The van der Waals surface area contributed by atoms with Crippen LogP contribution in [0.3, 0.4) is 0 Å². The lowest BCUT2D eigenvalue weighted by atomic mass is 10.1. The fourth-order valence-electron chi connectivity index (χ4n) is 2.23. The first-order valence-corrected chi connectivity index (χ1v) is 8.77. The van der Waals surface area contributed by atoms with Crippen molar-refractivity contribution in [3.05, 3.63) is 59.9 Å². The summed E-state index contributed by atoms with van der Waals surface area (Å²) < 4.78 is 6.50. The summed E-state index contributed by atoms with van der Waals surface area (Å²) in [5, 5.41) is 19.7. The summed E-state index contributed by atoms with van der Waals surface area (Å²) in [6, 6.07) is 15.1. The minimum Gasteiger partial charge on any atom is -0.461 e. The Morgan fingerprint density at radius 2 is 1.74 bits per heavy atom. The average Bonchev–Trinajstić information content (AvgIpc) is 3.14. The van der Waals surface area contributed by atoms with E-state index in [0.717, 1.165) is 18.4 Å². The molecule has 0 radical (unpaired) electrons. The molecule has 2 aromatic heterocycles. The van der Waals surface area contributed by atoms with Crippen LogP contribution in [-0.4, -0.2) is 44.8 Å². The zero-order valence-corrected chi connectivity index (χ0v) is 16.4. The standard InChI is InChI=1S/C17H16N4O2.C2H6.CH4O/c1-3-23-17(22)15-11-12(2)20-21(15)16-10-9-14(18-19-16)13-7-5-4-6-8-13;2*1-2/h4-11H,3H2,1-2H3;1-2H3;2H,1H3. The van der Waals surface area contributed by atoms with E-state index in [9.17, 15) is 4.79 Å². The topological polar surface area (TPSA) is 90.1 Å². The van der Waals surface area contributed by atoms with Crippen molar-refractivity contribution in [2.24, 2.45) is 0 Å². The van der Waals surface area contributed by atoms with Gasteiger partial charge < -0.3 is 9.84 Å². The minimum atomic E-state index is -0.429. The molecule has 144 valence electrons. The predicted molar refractivity (Wildman–Crippen MR) is 105 cm³/mol. The Bertz CT molecular complexity index is 815. The predicted octanol–water partition coefficient (Wildman–Crippen LogP) is 3.45. The summed E-state index contributed by atoms with van der Waals surface area (Å²) >= 11 is 0. The molecule has 0 aliphatic carbocycles. The molecule has 1 N–H and O–H groups in total. The van der Waals surface area contributed by atoms with Crippen LogP contribution in [0.25, 0.3) is 17.1 Å². The maximum Gasteiger partial charge on any atom is 0.357 e. The highest BCUT2D eigenvalue weighted by molar-refractivity contribution is 5.88. The molecule has 0 fully saturated rings. The molecule has 27 heavy (non-hydrogen) atoms. The van der Waals surface area contributed by atoms with Crippen LogP contribution in [-0.2, 0) is 4.74 Å². The highest BCUT2D eigenvalue weighted by Crippen LogP contribution is 2.17. The molecule has 0 aliphatic rings. The molecular weight excluding hydrogens is 344 g/mol. The monoisotopic (exact) mass is 370 g/mol. The lowest BCUT2D eigenvalue weighted by molar-refractivity contribution is 0.0515. The number of aliphatic hydroxyl groups is 1. The summed E-state index contributed by atoms with van der Waals surface area (Å²) in [7, 11) is 1.00. The zero-order valence-electron chi connectivity index (χ0n) is 16.4. The van der Waals surface area contributed by atoms with Gasteiger partial charge in [0.05, 0.1) is 18.0 Å². The van der Waals surface area contributed by atoms with Crippen LogP contribution in [0, 0.1) is 6.92 Å². The largest absolute Gasteiger partial charge is 0.461 e. The van der Waals surface area contributed by atoms with Gasteiger partial charge in [0.25, 0.3) is 0 Å². The van der Waals surface area contributed by atoms with Gasteiger partial charge in [0, 0.05) is 12.7 Å². The van der Waals surface area contributed by atoms with E-state index in [0.29, 0.717) is 23.8 Å². The van der Waals surface area contributed by atoms with Gasteiger partial charge in [0.2, 0.25) is 0 Å². The maximum absolute atomic E-state index is 12.0. The van der Waals surface area contributed by atoms with E-state index >= 15 is 0 Å². The number of esters is 1. The number of hydrogen-bond acceptors (Lipinski definition) is 6. The van der Waals surface area contributed by atoms with E-state index in [4.69, 9.17) is 9.84 Å². The third-order valence-electron chi connectivity index (χ3n) is 3.25. The van der Waals surface area contributed by atoms with Crippen molar-refractivity contribution in [3.63, 3.8) is 0 Å². The Balaban J connectivity index is 0.000000855. The van der Waals surface area contributed by atoms with Crippen molar-refractivity contribution in [2.75, 3.05) is 13.7 Å². The highest BCUT2D eigenvalue weighted by Gasteiger charge is 2.17. The van der Waals surface area contributed by atoms with Crippen molar-refractivity contribution in [1.29, 1.82) is 0 Å². The fourth-order valence-corrected chi connectivity index (χ4v) is 2.23. The lowest BCUT2D eigenvalue weighted by Crippen LogP contribution is -2.13. The van der Waals surface area contributed by atoms with Crippen molar-refractivity contribution in [2.45, 2.75) is 27.7 Å². The quantitative estimate of drug-likeness (QED) is 0.708. The van der Waals surface area contributed by atoms with E-state index in [-0.39, 0.29) is 0 Å². The van der Waals surface area contributed by atoms with E-state index in [1.54, 1.807) is 19.1 Å². The molecule has 7 heteroatoms. The molecule has 0 bridgehead atoms. The normalized spacial score (nSPS) is 9.41. The molecule has 0 spiro atoms. The molecule has 7 nitrogen and oxygen atoms in total. The SMILES string of the molecule is CC.CCOC(=O)c1cc(C)nn1-c1ccc(-c2ccccc2)nn1.CO. The molecule has 3 rings (SSSR count). The Hall–Kier alpha value is -3.06. The second kappa shape index (κ2) is 11.5. The zero-order chi connectivity index (χ0) is 20.2. The van der Waals surface area contributed by atoms with E-state index in [1.807, 2.05) is 57.2 Å². The van der Waals surface area contributed by atoms with E-state index in [2.05, 4.69) is 15.3 Å². The summed E-state index contributed by atoms with van der Waals surface area (Å²) in [5.41, 5.74) is 2.79. The first kappa shape index (κ1) is 22.0. The van der Waals surface area contributed by atoms with E-state index in [1.165, 1.54) is 4.68 Å². The Kier molecular flexibility index (Phi) is 9.39. The van der Waals surface area contributed by atoms with Crippen molar-refractivity contribution >= 4 is 5.97 Å². The fraction of sp³-hybridized carbons (Fsp3) is 0.300. The van der Waals surface area contributed by atoms with Gasteiger partial charge in [-0.2, -0.15) is 5.10 Å². The Morgan fingerprint density at radius 3 is 2.30 bits per heavy atom. The molecule has 0 saturated heterocycles. The van der Waals surface area contributed by atoms with Crippen LogP contribution >= 0.6 is 0 Å². The molecule has 0 aliphatic heterocycles. The molecule has 0 amide bonds. The van der Waals surface area contributed by atoms with Crippen LogP contribution in [0.2, 0.25) is 0 Å². The highest BCUT2D eigenvalue weighted by atomic mass is 16.5. The molecule has 1 aromatic carbocycles. The number of benzene rings is 1. The molecule has 2 heterocycles. The third-order valence-corrected chi connectivity index (χ3v) is 3.25. The molecular formula is C20H26N4O3. The first-order chi connectivity index (χ1) is 13.2. The maximum atomic E-state index is 12.0. The number of nitrogens with zero attached hydrogens (tertiary/aromatic N) is 4. The van der Waals surface area contributed by atoms with Crippen LogP contribution in [0.5, 0.6) is 0 Å². The van der Waals surface area contributed by atoms with Crippen LogP contribution in [0.4, 0.5) is 0 Å². The lowest BCUT2D eigenvalue weighted by Gasteiger charge is -2.06. The van der Waals surface area contributed by atoms with Gasteiger partial charge in [-0.1, -0.05) is 44.2 Å². The second-order valence-electron chi connectivity index (χ2n) is 4.95. The van der Waals surface area contributed by atoms with Crippen molar-refractivity contribution < 1.29 is 14.6 Å². The van der Waals surface area contributed by atoms with Gasteiger partial charge in [-0.3, -0.25) is 0 Å². The second-order valence-corrected chi connectivity index (χ2v) is 4.95. The first-order valence-electron chi connectivity index (χ1n) is 8.77. The summed E-state index contributed by atoms with van der Waals surface area (Å²) in [6.07, 6.45) is 0. The summed E-state index contributed by atoms with van der Waals surface area (Å²) in [6.45, 7) is 7.88. The third kappa shape index (κ3) is 5.72. The number of aryl methyl sites for hydroxylation is 1. The van der Waals surface area contributed by atoms with Crippen LogP contribution in [0.1, 0.15) is 37.0 Å². The molecule has 0 saturated carbocycles. The van der Waals surface area contributed by atoms with Gasteiger partial charge in [-0.25, -0.2) is 9.48 Å². The minimum absolute atomic E-state index is 0.307. The number of rotatable bonds is 4. The Labute approximate surface area is 159 Å². The molecule has 0 unspecified atom stereocenters. The number of aromatic nitrogens is 4. The number of aliphatic hydroxyl groups excluding tert-OH is 1. The average molecular weight is 370 g/mol. The van der Waals surface area contributed by atoms with Gasteiger partial charge in [-0.05, 0) is 32.0 Å². The van der Waals surface area contributed by atoms with Gasteiger partial charge >= 0.3 is 5.97 Å². The molecule has 3 aromatic rings. The molecule has 0 atom stereocenters. The number of ether oxygens (including phenoxy) is 1. The van der Waals surface area contributed by atoms with Crippen molar-refractivity contribution in [3.8, 4) is 17.1 Å². The summed E-state index contributed by atoms with van der Waals surface area (Å²) in [4.78, 5) is 12.0.